The molecule has 0 bridgehead atoms. The number of hydrogen-bond acceptors (Lipinski definition) is 5. The van der Waals surface area contributed by atoms with Gasteiger partial charge in [-0.1, -0.05) is 28.1 Å². The van der Waals surface area contributed by atoms with Crippen molar-refractivity contribution < 1.29 is 14.6 Å². The zero-order valence-corrected chi connectivity index (χ0v) is 24.7. The molecule has 1 atom stereocenters. The van der Waals surface area contributed by atoms with Crippen LogP contribution in [0.15, 0.2) is 46.9 Å². The van der Waals surface area contributed by atoms with Gasteiger partial charge in [0.15, 0.2) is 4.77 Å². The second-order valence-corrected chi connectivity index (χ2v) is 11.5. The zero-order valence-electron chi connectivity index (χ0n) is 22.3. The molecular formula is C29H35BrN4O3S. The molecule has 9 heteroatoms. The highest BCUT2D eigenvalue weighted by Crippen LogP contribution is 2.44. The molecule has 0 saturated heterocycles. The number of nitrogens with one attached hydrogen (secondary N) is 1. The van der Waals surface area contributed by atoms with Crippen molar-refractivity contribution >= 4 is 39.1 Å². The van der Waals surface area contributed by atoms with Gasteiger partial charge in [-0.05, 0) is 81.0 Å². The Hall–Kier alpha value is -2.59. The first-order chi connectivity index (χ1) is 18.3. The molecule has 0 amide bonds. The van der Waals surface area contributed by atoms with Crippen molar-refractivity contribution in [3.8, 4) is 11.6 Å². The topological polar surface area (TPSA) is 67.6 Å². The molecule has 3 heterocycles. The van der Waals surface area contributed by atoms with Crippen LogP contribution in [0.1, 0.15) is 54.9 Å². The number of aromatic amines is 1. The first kappa shape index (κ1) is 27.0. The fourth-order valence-corrected chi connectivity index (χ4v) is 6.25. The first-order valence-electron chi connectivity index (χ1n) is 13.0. The van der Waals surface area contributed by atoms with Gasteiger partial charge in [-0.2, -0.15) is 0 Å². The predicted molar refractivity (Wildman–Crippen MR) is 157 cm³/mol. The minimum Gasteiger partial charge on any atom is -0.494 e. The summed E-state index contributed by atoms with van der Waals surface area (Å²) in [5, 5.41) is 12.4. The third-order valence-electron chi connectivity index (χ3n) is 7.31. The molecule has 4 aromatic rings. The van der Waals surface area contributed by atoms with Crippen LogP contribution < -0.4 is 4.74 Å². The van der Waals surface area contributed by atoms with E-state index in [1.54, 1.807) is 7.11 Å². The summed E-state index contributed by atoms with van der Waals surface area (Å²) in [6.07, 6.45) is 1.55. The molecule has 2 aromatic carbocycles. The molecule has 5 rings (SSSR count). The van der Waals surface area contributed by atoms with Crippen molar-refractivity contribution in [2.24, 2.45) is 0 Å². The fraction of sp³-hybridized carbons (Fsp3) is 0.414. The summed E-state index contributed by atoms with van der Waals surface area (Å²) in [4.78, 5) is 5.92. The summed E-state index contributed by atoms with van der Waals surface area (Å²) in [6, 6.07) is 14.4. The molecule has 0 aliphatic carbocycles. The molecule has 38 heavy (non-hydrogen) atoms. The Labute approximate surface area is 237 Å². The largest absolute Gasteiger partial charge is 0.494 e. The van der Waals surface area contributed by atoms with Crippen molar-refractivity contribution in [2.75, 3.05) is 40.5 Å². The average molecular weight is 600 g/mol. The summed E-state index contributed by atoms with van der Waals surface area (Å²) in [7, 11) is 3.82. The van der Waals surface area contributed by atoms with Crippen LogP contribution in [0.2, 0.25) is 0 Å². The number of nitrogens with zero attached hydrogens (tertiary/aromatic N) is 3. The maximum Gasteiger partial charge on any atom is 0.214 e. The molecule has 2 aromatic heterocycles. The Morgan fingerprint density at radius 3 is 2.63 bits per heavy atom. The lowest BCUT2D eigenvalue weighted by Gasteiger charge is -2.27. The monoisotopic (exact) mass is 598 g/mol. The van der Waals surface area contributed by atoms with Gasteiger partial charge in [0.1, 0.15) is 11.8 Å². The third kappa shape index (κ3) is 5.04. The molecule has 2 N–H and O–H groups in total. The van der Waals surface area contributed by atoms with Gasteiger partial charge in [0.2, 0.25) is 5.88 Å². The number of likely N-dealkylation sites (N-methyl/N-ethyl adjacent to an activating group) is 1. The normalized spacial score (nSPS) is 14.9. The van der Waals surface area contributed by atoms with Crippen molar-refractivity contribution in [3.63, 3.8) is 0 Å². The van der Waals surface area contributed by atoms with E-state index in [4.69, 9.17) is 21.7 Å². The number of imidazole rings is 1. The highest BCUT2D eigenvalue weighted by molar-refractivity contribution is 9.10. The van der Waals surface area contributed by atoms with Crippen LogP contribution in [0.25, 0.3) is 10.9 Å². The van der Waals surface area contributed by atoms with Gasteiger partial charge in [0.05, 0.1) is 18.9 Å². The lowest BCUT2D eigenvalue weighted by molar-refractivity contribution is 0.157. The number of hydrogen-bond donors (Lipinski definition) is 2. The summed E-state index contributed by atoms with van der Waals surface area (Å²) >= 11 is 9.56. The number of aromatic hydroxyl groups is 1. The minimum absolute atomic E-state index is 0.0507. The maximum absolute atomic E-state index is 11.3. The van der Waals surface area contributed by atoms with Crippen LogP contribution in [0.4, 0.5) is 0 Å². The van der Waals surface area contributed by atoms with Crippen molar-refractivity contribution in [3.05, 3.63) is 74.2 Å². The highest BCUT2D eigenvalue weighted by atomic mass is 79.9. The molecular weight excluding hydrogens is 564 g/mol. The van der Waals surface area contributed by atoms with E-state index >= 15 is 0 Å². The van der Waals surface area contributed by atoms with Crippen LogP contribution in [0, 0.1) is 4.77 Å². The number of aromatic nitrogens is 3. The quantitative estimate of drug-likeness (QED) is 0.143. The highest BCUT2D eigenvalue weighted by Gasteiger charge is 2.34. The van der Waals surface area contributed by atoms with E-state index in [-0.39, 0.29) is 18.0 Å². The lowest BCUT2D eigenvalue weighted by Crippen LogP contribution is -2.25. The molecule has 1 unspecified atom stereocenters. The number of benzene rings is 2. The Kier molecular flexibility index (Phi) is 8.00. The Bertz CT molecular complexity index is 1490. The first-order valence-corrected chi connectivity index (χ1v) is 14.2. The molecule has 202 valence electrons. The van der Waals surface area contributed by atoms with E-state index in [1.807, 2.05) is 36.6 Å². The van der Waals surface area contributed by atoms with Gasteiger partial charge in [-0.3, -0.25) is 4.57 Å². The third-order valence-corrected chi connectivity index (χ3v) is 8.20. The molecule has 0 fully saturated rings. The van der Waals surface area contributed by atoms with Crippen LogP contribution in [-0.2, 0) is 11.2 Å². The van der Waals surface area contributed by atoms with E-state index in [9.17, 15) is 5.11 Å². The Balaban J connectivity index is 1.46. The molecule has 1 aliphatic heterocycles. The number of H-pyrrole nitrogens is 1. The van der Waals surface area contributed by atoms with E-state index in [0.717, 1.165) is 64.2 Å². The molecule has 0 saturated carbocycles. The van der Waals surface area contributed by atoms with Gasteiger partial charge < -0.3 is 29.0 Å². The number of rotatable bonds is 10. The van der Waals surface area contributed by atoms with Crippen LogP contribution in [0.5, 0.6) is 11.6 Å². The molecule has 1 aliphatic rings. The summed E-state index contributed by atoms with van der Waals surface area (Å²) in [6.45, 7) is 7.35. The van der Waals surface area contributed by atoms with E-state index < -0.39 is 0 Å². The summed E-state index contributed by atoms with van der Waals surface area (Å²) in [5.41, 5.74) is 5.30. The fourth-order valence-electron chi connectivity index (χ4n) is 5.37. The number of fused-ring (bicyclic) bond motifs is 4. The zero-order chi connectivity index (χ0) is 27.0. The Morgan fingerprint density at radius 2 is 1.92 bits per heavy atom. The average Bonchev–Trinajstić information content (AvgIpc) is 3.38. The van der Waals surface area contributed by atoms with Crippen LogP contribution in [0.3, 0.4) is 0 Å². The second kappa shape index (κ2) is 11.3. The van der Waals surface area contributed by atoms with Crippen LogP contribution >= 0.6 is 28.1 Å². The molecule has 0 radical (unpaired) electrons. The van der Waals surface area contributed by atoms with Gasteiger partial charge >= 0.3 is 0 Å². The molecule has 0 spiro atoms. The standard InChI is InChI=1S/C29H35BrN4O3S/c1-18(2)33-28(35)25-17-23-22-16-20(30)8-11-24(22)31-26(23)27(34(25)29(33)38)19-6-9-21(10-7-19)37-14-5-12-32(3)13-15-36-4/h6-11,16,18,27,31,35H,5,12-15,17H2,1-4H3. The summed E-state index contributed by atoms with van der Waals surface area (Å²) in [5.74, 6) is 1.09. The van der Waals surface area contributed by atoms with Gasteiger partial charge in [-0.25, -0.2) is 0 Å². The molecule has 7 nitrogen and oxygen atoms in total. The summed E-state index contributed by atoms with van der Waals surface area (Å²) < 4.78 is 16.8. The lowest BCUT2D eigenvalue weighted by atomic mass is 9.93. The smallest absolute Gasteiger partial charge is 0.214 e. The van der Waals surface area contributed by atoms with Gasteiger partial charge in [0, 0.05) is 53.7 Å². The number of methoxy groups -OCH3 is 1. The second-order valence-electron chi connectivity index (χ2n) is 10.2. The van der Waals surface area contributed by atoms with E-state index in [2.05, 4.69) is 61.7 Å². The van der Waals surface area contributed by atoms with Crippen LogP contribution in [-0.4, -0.2) is 64.6 Å². The minimum atomic E-state index is -0.179. The van der Waals surface area contributed by atoms with Crippen molar-refractivity contribution in [1.82, 2.24) is 19.0 Å². The number of halogens is 1. The van der Waals surface area contributed by atoms with E-state index in [1.165, 1.54) is 5.56 Å². The van der Waals surface area contributed by atoms with Gasteiger partial charge in [-0.15, -0.1) is 0 Å². The van der Waals surface area contributed by atoms with E-state index in [0.29, 0.717) is 17.8 Å². The number of ether oxygens (including phenoxy) is 2. The predicted octanol–water partition coefficient (Wildman–Crippen LogP) is 6.44. The van der Waals surface area contributed by atoms with Crippen molar-refractivity contribution in [1.29, 1.82) is 0 Å². The maximum atomic E-state index is 11.3. The van der Waals surface area contributed by atoms with Gasteiger partial charge in [0.25, 0.3) is 0 Å². The SMILES string of the molecule is COCCN(C)CCCOc1ccc(C2c3[nH]c4ccc(Br)cc4c3Cc3c(O)n(C(C)C)c(=S)n32)cc1. The Morgan fingerprint density at radius 1 is 1.16 bits per heavy atom. The van der Waals surface area contributed by atoms with Crippen molar-refractivity contribution in [2.45, 2.75) is 38.8 Å².